The van der Waals surface area contributed by atoms with Gasteiger partial charge in [0.15, 0.2) is 0 Å². The molecule has 10 nitrogen and oxygen atoms in total. The van der Waals surface area contributed by atoms with Gasteiger partial charge in [0.1, 0.15) is 16.5 Å². The highest BCUT2D eigenvalue weighted by Crippen LogP contribution is 2.34. The molecule has 1 aromatic heterocycles. The predicted octanol–water partition coefficient (Wildman–Crippen LogP) is 6.11. The van der Waals surface area contributed by atoms with E-state index < -0.39 is 0 Å². The van der Waals surface area contributed by atoms with Crippen LogP contribution in [0.15, 0.2) is 48.7 Å². The van der Waals surface area contributed by atoms with Gasteiger partial charge in [-0.25, -0.2) is 4.98 Å². The molecule has 1 saturated heterocycles. The SMILES string of the molecule is CCCC(C)CC(=O)Nc1cccc(Oc2nc(Nc3ccc(N4CCN(C(C)=O)CC4)cc3OC)ncc2Cl)c1. The average molecular weight is 581 g/mol. The number of ether oxygens (including phenoxy) is 2. The molecule has 41 heavy (non-hydrogen) atoms. The molecule has 1 fully saturated rings. The van der Waals surface area contributed by atoms with Crippen molar-refractivity contribution in [3.63, 3.8) is 0 Å². The van der Waals surface area contributed by atoms with Crippen LogP contribution in [0, 0.1) is 5.92 Å². The highest BCUT2D eigenvalue weighted by molar-refractivity contribution is 6.31. The average Bonchev–Trinajstić information content (AvgIpc) is 2.95. The minimum absolute atomic E-state index is 0.0343. The number of nitrogens with one attached hydrogen (secondary N) is 2. The first kappa shape index (κ1) is 29.9. The van der Waals surface area contributed by atoms with Crippen LogP contribution in [0.4, 0.5) is 23.0 Å². The van der Waals surface area contributed by atoms with Crippen LogP contribution in [0.5, 0.6) is 17.4 Å². The lowest BCUT2D eigenvalue weighted by atomic mass is 10.0. The van der Waals surface area contributed by atoms with E-state index in [0.29, 0.717) is 48.3 Å². The van der Waals surface area contributed by atoms with E-state index in [4.69, 9.17) is 21.1 Å². The fourth-order valence-corrected chi connectivity index (χ4v) is 4.87. The molecule has 0 spiro atoms. The van der Waals surface area contributed by atoms with Crippen LogP contribution in [0.2, 0.25) is 5.02 Å². The molecule has 3 aromatic rings. The van der Waals surface area contributed by atoms with Crippen LogP contribution in [0.3, 0.4) is 0 Å². The molecule has 2 heterocycles. The first-order valence-corrected chi connectivity index (χ1v) is 14.2. The monoisotopic (exact) mass is 580 g/mol. The molecule has 1 atom stereocenters. The largest absolute Gasteiger partial charge is 0.494 e. The van der Waals surface area contributed by atoms with Gasteiger partial charge in [-0.05, 0) is 30.2 Å². The summed E-state index contributed by atoms with van der Waals surface area (Å²) >= 11 is 6.35. The second kappa shape index (κ2) is 14.0. The summed E-state index contributed by atoms with van der Waals surface area (Å²) in [5, 5.41) is 6.35. The van der Waals surface area contributed by atoms with Gasteiger partial charge in [-0.2, -0.15) is 4.98 Å². The maximum absolute atomic E-state index is 12.4. The Morgan fingerprint density at radius 2 is 1.90 bits per heavy atom. The van der Waals surface area contributed by atoms with Crippen LogP contribution in [-0.4, -0.2) is 60.0 Å². The Hall–Kier alpha value is -4.05. The number of hydrogen-bond acceptors (Lipinski definition) is 8. The van der Waals surface area contributed by atoms with Crippen LogP contribution < -0.4 is 25.0 Å². The Morgan fingerprint density at radius 3 is 2.61 bits per heavy atom. The van der Waals surface area contributed by atoms with Gasteiger partial charge in [0.05, 0.1) is 19.0 Å². The summed E-state index contributed by atoms with van der Waals surface area (Å²) in [6.45, 7) is 8.66. The number of carbonyl (C=O) groups is 2. The molecule has 2 N–H and O–H groups in total. The van der Waals surface area contributed by atoms with Crippen LogP contribution in [-0.2, 0) is 9.59 Å². The van der Waals surface area contributed by atoms with E-state index in [0.717, 1.165) is 31.6 Å². The normalized spacial score (nSPS) is 13.9. The Morgan fingerprint density at radius 1 is 1.12 bits per heavy atom. The summed E-state index contributed by atoms with van der Waals surface area (Å²) in [4.78, 5) is 36.9. The molecule has 0 aliphatic carbocycles. The lowest BCUT2D eigenvalue weighted by Gasteiger charge is -2.35. The van der Waals surface area contributed by atoms with E-state index in [1.165, 1.54) is 6.20 Å². The molecule has 1 aliphatic rings. The predicted molar refractivity (Wildman–Crippen MR) is 162 cm³/mol. The number of nitrogens with zero attached hydrogens (tertiary/aromatic N) is 4. The third-order valence-corrected chi connectivity index (χ3v) is 7.14. The third-order valence-electron chi connectivity index (χ3n) is 6.88. The van der Waals surface area contributed by atoms with Gasteiger partial charge in [0, 0.05) is 63.0 Å². The number of rotatable bonds is 11. The lowest BCUT2D eigenvalue weighted by Crippen LogP contribution is -2.48. The zero-order valence-electron chi connectivity index (χ0n) is 23.9. The Bertz CT molecular complexity index is 1360. The minimum Gasteiger partial charge on any atom is -0.494 e. The smallest absolute Gasteiger partial charge is 0.243 e. The Kier molecular flexibility index (Phi) is 10.2. The quantitative estimate of drug-likeness (QED) is 0.280. The van der Waals surface area contributed by atoms with Crippen molar-refractivity contribution < 1.29 is 19.1 Å². The molecule has 1 unspecified atom stereocenters. The van der Waals surface area contributed by atoms with Gasteiger partial charge in [0.2, 0.25) is 23.6 Å². The number of methoxy groups -OCH3 is 1. The summed E-state index contributed by atoms with van der Waals surface area (Å²) < 4.78 is 11.6. The molecular formula is C30H37ClN6O4. The molecule has 4 rings (SSSR count). The summed E-state index contributed by atoms with van der Waals surface area (Å²) in [5.74, 6) is 1.93. The number of carbonyl (C=O) groups excluding carboxylic acids is 2. The second-order valence-electron chi connectivity index (χ2n) is 10.1. The molecule has 0 saturated carbocycles. The number of piperazine rings is 1. The number of halogens is 1. The number of amides is 2. The molecule has 218 valence electrons. The van der Waals surface area contributed by atoms with Crippen LogP contribution >= 0.6 is 11.6 Å². The van der Waals surface area contributed by atoms with E-state index in [2.05, 4.69) is 39.3 Å². The zero-order valence-corrected chi connectivity index (χ0v) is 24.7. The van der Waals surface area contributed by atoms with Crippen molar-refractivity contribution in [2.24, 2.45) is 5.92 Å². The zero-order chi connectivity index (χ0) is 29.4. The Labute approximate surface area is 246 Å². The topological polar surface area (TPSA) is 109 Å². The van der Waals surface area contributed by atoms with Gasteiger partial charge >= 0.3 is 0 Å². The number of benzene rings is 2. The fourth-order valence-electron chi connectivity index (χ4n) is 4.74. The summed E-state index contributed by atoms with van der Waals surface area (Å²) in [6, 6.07) is 12.9. The van der Waals surface area contributed by atoms with Gasteiger partial charge < -0.3 is 29.9 Å². The molecule has 2 aromatic carbocycles. The second-order valence-corrected chi connectivity index (χ2v) is 10.5. The summed E-state index contributed by atoms with van der Waals surface area (Å²) in [5.41, 5.74) is 2.31. The van der Waals surface area contributed by atoms with Crippen LogP contribution in [0.25, 0.3) is 0 Å². The molecule has 11 heteroatoms. The third kappa shape index (κ3) is 8.23. The highest BCUT2D eigenvalue weighted by Gasteiger charge is 2.20. The lowest BCUT2D eigenvalue weighted by molar-refractivity contribution is -0.129. The molecule has 0 radical (unpaired) electrons. The first-order valence-electron chi connectivity index (χ1n) is 13.8. The van der Waals surface area contributed by atoms with Crippen LogP contribution in [0.1, 0.15) is 40.0 Å². The van der Waals surface area contributed by atoms with E-state index in [-0.39, 0.29) is 28.7 Å². The van der Waals surface area contributed by atoms with Crippen molar-refractivity contribution in [3.05, 3.63) is 53.7 Å². The van der Waals surface area contributed by atoms with Crippen molar-refractivity contribution in [2.45, 2.75) is 40.0 Å². The Balaban J connectivity index is 1.43. The number of anilines is 4. The molecular weight excluding hydrogens is 544 g/mol. The minimum atomic E-state index is -0.0343. The van der Waals surface area contributed by atoms with Crippen molar-refractivity contribution in [1.29, 1.82) is 0 Å². The van der Waals surface area contributed by atoms with E-state index in [9.17, 15) is 9.59 Å². The van der Waals surface area contributed by atoms with E-state index >= 15 is 0 Å². The van der Waals surface area contributed by atoms with Gasteiger partial charge in [-0.15, -0.1) is 0 Å². The van der Waals surface area contributed by atoms with Crippen molar-refractivity contribution >= 4 is 46.4 Å². The fraction of sp³-hybridized carbons (Fsp3) is 0.400. The van der Waals surface area contributed by atoms with Crippen molar-refractivity contribution in [2.75, 3.05) is 48.8 Å². The van der Waals surface area contributed by atoms with E-state index in [1.807, 2.05) is 29.2 Å². The van der Waals surface area contributed by atoms with E-state index in [1.54, 1.807) is 32.2 Å². The maximum atomic E-state index is 12.4. The molecule has 0 bridgehead atoms. The number of hydrogen-bond donors (Lipinski definition) is 2. The van der Waals surface area contributed by atoms with Gasteiger partial charge in [-0.1, -0.05) is 44.4 Å². The van der Waals surface area contributed by atoms with Gasteiger partial charge in [0.25, 0.3) is 0 Å². The molecule has 2 amide bonds. The summed E-state index contributed by atoms with van der Waals surface area (Å²) in [7, 11) is 1.60. The van der Waals surface area contributed by atoms with Crippen molar-refractivity contribution in [3.8, 4) is 17.4 Å². The number of aromatic nitrogens is 2. The molecule has 1 aliphatic heterocycles. The summed E-state index contributed by atoms with van der Waals surface area (Å²) in [6.07, 6.45) is 3.98. The maximum Gasteiger partial charge on any atom is 0.243 e. The standard InChI is InChI=1S/C30H37ClN6O4/c1-5-7-20(2)16-28(39)33-22-8-6-9-24(17-22)41-29-25(31)19-32-30(35-29)34-26-11-10-23(18-27(26)40-4)37-14-12-36(13-15-37)21(3)38/h6,8-11,17-20H,5,7,12-16H2,1-4H3,(H,33,39)(H,32,34,35). The van der Waals surface area contributed by atoms with Crippen molar-refractivity contribution in [1.82, 2.24) is 14.9 Å². The van der Waals surface area contributed by atoms with Gasteiger partial charge in [-0.3, -0.25) is 9.59 Å². The first-order chi connectivity index (χ1) is 19.7. The highest BCUT2D eigenvalue weighted by atomic mass is 35.5.